The standard InChI is InChI=1S/C17H22N2/c1-17(2,9-11-18-15-6-7-15)14-5-8-16-13(12-14)4-3-10-19-16/h3-5,8,10,12,15,18H,6-7,9,11H2,1-2H3. The molecule has 2 heteroatoms. The minimum atomic E-state index is 0.214. The Hall–Kier alpha value is -1.41. The molecular formula is C17H22N2. The molecule has 0 unspecified atom stereocenters. The molecule has 19 heavy (non-hydrogen) atoms. The third kappa shape index (κ3) is 2.95. The van der Waals surface area contributed by atoms with Crippen LogP contribution in [0.5, 0.6) is 0 Å². The summed E-state index contributed by atoms with van der Waals surface area (Å²) in [7, 11) is 0. The van der Waals surface area contributed by atoms with E-state index in [4.69, 9.17) is 0 Å². The van der Waals surface area contributed by atoms with Gasteiger partial charge in [0.1, 0.15) is 0 Å². The summed E-state index contributed by atoms with van der Waals surface area (Å²) in [5, 5.41) is 4.85. The van der Waals surface area contributed by atoms with Crippen molar-refractivity contribution in [1.29, 1.82) is 0 Å². The molecular weight excluding hydrogens is 232 g/mol. The van der Waals surface area contributed by atoms with Crippen LogP contribution in [-0.4, -0.2) is 17.6 Å². The molecule has 1 aromatic heterocycles. The molecule has 1 aliphatic carbocycles. The Balaban J connectivity index is 1.76. The zero-order chi connectivity index (χ0) is 13.3. The van der Waals surface area contributed by atoms with Gasteiger partial charge in [0.15, 0.2) is 0 Å². The molecule has 100 valence electrons. The minimum Gasteiger partial charge on any atom is -0.314 e. The van der Waals surface area contributed by atoms with Gasteiger partial charge in [0.25, 0.3) is 0 Å². The fourth-order valence-corrected chi connectivity index (χ4v) is 2.52. The van der Waals surface area contributed by atoms with Gasteiger partial charge in [0, 0.05) is 17.6 Å². The second-order valence-corrected chi connectivity index (χ2v) is 6.27. The quantitative estimate of drug-likeness (QED) is 0.881. The number of benzene rings is 1. The first-order chi connectivity index (χ1) is 9.15. The van der Waals surface area contributed by atoms with Crippen LogP contribution in [0.1, 0.15) is 38.7 Å². The van der Waals surface area contributed by atoms with Crippen molar-refractivity contribution in [2.75, 3.05) is 6.54 Å². The lowest BCUT2D eigenvalue weighted by Gasteiger charge is -2.26. The summed E-state index contributed by atoms with van der Waals surface area (Å²) in [5.74, 6) is 0. The van der Waals surface area contributed by atoms with Crippen molar-refractivity contribution < 1.29 is 0 Å². The third-order valence-corrected chi connectivity index (χ3v) is 4.14. The van der Waals surface area contributed by atoms with Crippen LogP contribution < -0.4 is 5.32 Å². The van der Waals surface area contributed by atoms with E-state index < -0.39 is 0 Å². The molecule has 0 amide bonds. The van der Waals surface area contributed by atoms with E-state index >= 15 is 0 Å². The molecule has 1 aromatic carbocycles. The van der Waals surface area contributed by atoms with E-state index in [1.54, 1.807) is 0 Å². The molecule has 0 bridgehead atoms. The smallest absolute Gasteiger partial charge is 0.0702 e. The maximum absolute atomic E-state index is 4.39. The Labute approximate surface area is 115 Å². The topological polar surface area (TPSA) is 24.9 Å². The van der Waals surface area contributed by atoms with Gasteiger partial charge in [0.2, 0.25) is 0 Å². The first-order valence-corrected chi connectivity index (χ1v) is 7.24. The Bertz CT molecular complexity index is 570. The van der Waals surface area contributed by atoms with E-state index in [1.165, 1.54) is 30.2 Å². The highest BCUT2D eigenvalue weighted by molar-refractivity contribution is 5.79. The zero-order valence-corrected chi connectivity index (χ0v) is 11.8. The highest BCUT2D eigenvalue weighted by Crippen LogP contribution is 2.29. The number of nitrogens with one attached hydrogen (secondary N) is 1. The average molecular weight is 254 g/mol. The Kier molecular flexibility index (Phi) is 3.28. The first-order valence-electron chi connectivity index (χ1n) is 7.24. The molecule has 1 aliphatic rings. The van der Waals surface area contributed by atoms with Gasteiger partial charge in [-0.3, -0.25) is 4.98 Å². The number of hydrogen-bond donors (Lipinski definition) is 1. The van der Waals surface area contributed by atoms with E-state index in [0.717, 1.165) is 18.1 Å². The van der Waals surface area contributed by atoms with Crippen LogP contribution in [0.3, 0.4) is 0 Å². The molecule has 1 N–H and O–H groups in total. The van der Waals surface area contributed by atoms with Gasteiger partial charge in [-0.15, -0.1) is 0 Å². The van der Waals surface area contributed by atoms with Crippen molar-refractivity contribution >= 4 is 10.9 Å². The van der Waals surface area contributed by atoms with Gasteiger partial charge in [-0.2, -0.15) is 0 Å². The van der Waals surface area contributed by atoms with Crippen molar-refractivity contribution in [3.05, 3.63) is 42.1 Å². The number of nitrogens with zero attached hydrogens (tertiary/aromatic N) is 1. The van der Waals surface area contributed by atoms with Crippen LogP contribution in [0.4, 0.5) is 0 Å². The van der Waals surface area contributed by atoms with Crippen LogP contribution in [-0.2, 0) is 5.41 Å². The summed E-state index contributed by atoms with van der Waals surface area (Å²) in [4.78, 5) is 4.39. The lowest BCUT2D eigenvalue weighted by Crippen LogP contribution is -2.26. The summed E-state index contributed by atoms with van der Waals surface area (Å²) >= 11 is 0. The van der Waals surface area contributed by atoms with Gasteiger partial charge in [-0.05, 0) is 55.0 Å². The van der Waals surface area contributed by atoms with Gasteiger partial charge >= 0.3 is 0 Å². The number of aromatic nitrogens is 1. The zero-order valence-electron chi connectivity index (χ0n) is 11.8. The molecule has 1 heterocycles. The van der Waals surface area contributed by atoms with E-state index in [0.29, 0.717) is 0 Å². The lowest BCUT2D eigenvalue weighted by atomic mass is 9.81. The third-order valence-electron chi connectivity index (χ3n) is 4.14. The number of fused-ring (bicyclic) bond motifs is 1. The molecule has 1 fully saturated rings. The Morgan fingerprint density at radius 3 is 2.89 bits per heavy atom. The number of hydrogen-bond acceptors (Lipinski definition) is 2. The summed E-state index contributed by atoms with van der Waals surface area (Å²) in [6.07, 6.45) is 5.76. The maximum atomic E-state index is 4.39. The van der Waals surface area contributed by atoms with E-state index in [2.05, 4.69) is 48.4 Å². The molecule has 0 atom stereocenters. The molecule has 3 rings (SSSR count). The summed E-state index contributed by atoms with van der Waals surface area (Å²) in [5.41, 5.74) is 2.70. The molecule has 2 aromatic rings. The summed E-state index contributed by atoms with van der Waals surface area (Å²) in [6.45, 7) is 5.78. The van der Waals surface area contributed by atoms with Gasteiger partial charge < -0.3 is 5.32 Å². The van der Waals surface area contributed by atoms with Gasteiger partial charge in [0.05, 0.1) is 5.52 Å². The van der Waals surface area contributed by atoms with Gasteiger partial charge in [-0.1, -0.05) is 26.0 Å². The van der Waals surface area contributed by atoms with Crippen LogP contribution >= 0.6 is 0 Å². The predicted molar refractivity (Wildman–Crippen MR) is 80.4 cm³/mol. The molecule has 1 saturated carbocycles. The first kappa shape index (κ1) is 12.6. The maximum Gasteiger partial charge on any atom is 0.0702 e. The summed E-state index contributed by atoms with van der Waals surface area (Å²) < 4.78 is 0. The molecule has 2 nitrogen and oxygen atoms in total. The second kappa shape index (κ2) is 4.93. The average Bonchev–Trinajstić information content (AvgIpc) is 3.22. The predicted octanol–water partition coefficient (Wildman–Crippen LogP) is 3.65. The van der Waals surface area contributed by atoms with E-state index in [-0.39, 0.29) is 5.41 Å². The van der Waals surface area contributed by atoms with Gasteiger partial charge in [-0.25, -0.2) is 0 Å². The Morgan fingerprint density at radius 1 is 1.26 bits per heavy atom. The summed E-state index contributed by atoms with van der Waals surface area (Å²) in [6, 6.07) is 11.6. The lowest BCUT2D eigenvalue weighted by molar-refractivity contribution is 0.456. The highest BCUT2D eigenvalue weighted by Gasteiger charge is 2.24. The molecule has 0 spiro atoms. The van der Waals surface area contributed by atoms with Crippen LogP contribution in [0.15, 0.2) is 36.5 Å². The SMILES string of the molecule is CC(C)(CCNC1CC1)c1ccc2ncccc2c1. The number of pyridine rings is 1. The molecule has 0 saturated heterocycles. The normalized spacial score (nSPS) is 15.9. The van der Waals surface area contributed by atoms with Crippen molar-refractivity contribution in [3.8, 4) is 0 Å². The largest absolute Gasteiger partial charge is 0.314 e. The fraction of sp³-hybridized carbons (Fsp3) is 0.471. The van der Waals surface area contributed by atoms with Crippen molar-refractivity contribution in [2.24, 2.45) is 0 Å². The molecule has 0 radical (unpaired) electrons. The monoisotopic (exact) mass is 254 g/mol. The van der Waals surface area contributed by atoms with Crippen LogP contribution in [0.2, 0.25) is 0 Å². The van der Waals surface area contributed by atoms with E-state index in [1.807, 2.05) is 12.3 Å². The highest BCUT2D eigenvalue weighted by atomic mass is 14.9. The van der Waals surface area contributed by atoms with Crippen LogP contribution in [0.25, 0.3) is 10.9 Å². The number of rotatable bonds is 5. The van der Waals surface area contributed by atoms with Crippen molar-refractivity contribution in [2.45, 2.75) is 44.6 Å². The molecule has 0 aliphatic heterocycles. The second-order valence-electron chi connectivity index (χ2n) is 6.27. The fourth-order valence-electron chi connectivity index (χ4n) is 2.52. The van der Waals surface area contributed by atoms with E-state index in [9.17, 15) is 0 Å². The van der Waals surface area contributed by atoms with Crippen molar-refractivity contribution in [1.82, 2.24) is 10.3 Å². The van der Waals surface area contributed by atoms with Crippen LogP contribution in [0, 0.1) is 0 Å². The Morgan fingerprint density at radius 2 is 2.11 bits per heavy atom. The minimum absolute atomic E-state index is 0.214. The van der Waals surface area contributed by atoms with Crippen molar-refractivity contribution in [3.63, 3.8) is 0 Å².